The summed E-state index contributed by atoms with van der Waals surface area (Å²) in [6.45, 7) is 0. The summed E-state index contributed by atoms with van der Waals surface area (Å²) in [6.07, 6.45) is 1.39. The largest absolute Gasteiger partial charge is 0.502 e. The number of carbonyl (C=O) groups excluding carboxylic acids is 2. The number of hydrogen-bond donors (Lipinski definition) is 2. The lowest BCUT2D eigenvalue weighted by molar-refractivity contribution is -0.121. The molecule has 3 N–H and O–H groups in total. The number of benzene rings is 2. The summed E-state index contributed by atoms with van der Waals surface area (Å²) in [5.74, 6) is 0.225. The maximum absolute atomic E-state index is 12.7. The number of aromatic hydroxyl groups is 1. The van der Waals surface area contributed by atoms with E-state index < -0.39 is 5.25 Å². The van der Waals surface area contributed by atoms with Crippen LogP contribution in [0.3, 0.4) is 0 Å². The Hall–Kier alpha value is -3.73. The molecule has 2 aromatic carbocycles. The number of carbonyl (C=O) groups is 2. The van der Waals surface area contributed by atoms with Crippen LogP contribution in [0.5, 0.6) is 23.0 Å². The molecule has 0 bridgehead atoms. The van der Waals surface area contributed by atoms with Gasteiger partial charge in [0.05, 0.1) is 33.2 Å². The second-order valence-corrected chi connectivity index (χ2v) is 7.76. The fourth-order valence-corrected chi connectivity index (χ4v) is 3.83. The third kappa shape index (κ3) is 4.94. The molecule has 1 heterocycles. The summed E-state index contributed by atoms with van der Waals surface area (Å²) in [5, 5.41) is 17.1. The smallest absolute Gasteiger partial charge is 0.247 e. The number of hydrogen-bond acceptors (Lipinski definition) is 9. The maximum atomic E-state index is 12.7. The number of ether oxygens (including phenoxy) is 3. The number of thioether (sulfide) groups is 1. The van der Waals surface area contributed by atoms with Crippen LogP contribution in [-0.4, -0.2) is 54.9 Å². The summed E-state index contributed by atoms with van der Waals surface area (Å²) in [4.78, 5) is 26.2. The number of amidine groups is 1. The van der Waals surface area contributed by atoms with Gasteiger partial charge in [0.15, 0.2) is 16.7 Å². The van der Waals surface area contributed by atoms with E-state index in [0.717, 1.165) is 16.7 Å². The number of anilines is 1. The average Bonchev–Trinajstić information content (AvgIpc) is 3.07. The molecule has 168 valence electrons. The fraction of sp³-hybridized carbons (Fsp3) is 0.238. The van der Waals surface area contributed by atoms with Crippen LogP contribution in [0.15, 0.2) is 46.6 Å². The zero-order valence-corrected chi connectivity index (χ0v) is 18.5. The molecule has 2 amide bonds. The first-order valence-electron chi connectivity index (χ1n) is 9.37. The van der Waals surface area contributed by atoms with Crippen LogP contribution < -0.4 is 24.8 Å². The van der Waals surface area contributed by atoms with Crippen LogP contribution in [0.2, 0.25) is 0 Å². The van der Waals surface area contributed by atoms with Gasteiger partial charge in [0.25, 0.3) is 0 Å². The highest BCUT2D eigenvalue weighted by molar-refractivity contribution is 8.14. The maximum Gasteiger partial charge on any atom is 0.247 e. The predicted octanol–water partition coefficient (Wildman–Crippen LogP) is 2.13. The van der Waals surface area contributed by atoms with Crippen molar-refractivity contribution in [1.29, 1.82) is 0 Å². The molecule has 0 aliphatic carbocycles. The van der Waals surface area contributed by atoms with Gasteiger partial charge in [-0.1, -0.05) is 11.8 Å². The van der Waals surface area contributed by atoms with Crippen molar-refractivity contribution < 1.29 is 28.9 Å². The molecule has 1 atom stereocenters. The zero-order chi connectivity index (χ0) is 23.3. The van der Waals surface area contributed by atoms with E-state index in [0.29, 0.717) is 17.0 Å². The molecule has 1 aliphatic heterocycles. The van der Waals surface area contributed by atoms with Crippen LogP contribution in [-0.2, 0) is 9.59 Å². The van der Waals surface area contributed by atoms with Crippen molar-refractivity contribution in [2.45, 2.75) is 11.7 Å². The molecule has 0 aromatic heterocycles. The van der Waals surface area contributed by atoms with Gasteiger partial charge in [0, 0.05) is 12.0 Å². The van der Waals surface area contributed by atoms with Crippen molar-refractivity contribution >= 4 is 40.6 Å². The highest BCUT2D eigenvalue weighted by Crippen LogP contribution is 2.36. The van der Waals surface area contributed by atoms with E-state index in [2.05, 4.69) is 10.2 Å². The Bertz CT molecular complexity index is 1050. The van der Waals surface area contributed by atoms with Crippen molar-refractivity contribution in [2.24, 2.45) is 15.9 Å². The van der Waals surface area contributed by atoms with Gasteiger partial charge in [-0.3, -0.25) is 9.59 Å². The highest BCUT2D eigenvalue weighted by atomic mass is 32.2. The lowest BCUT2D eigenvalue weighted by Gasteiger charge is -2.15. The van der Waals surface area contributed by atoms with Gasteiger partial charge >= 0.3 is 0 Å². The zero-order valence-electron chi connectivity index (χ0n) is 17.6. The van der Waals surface area contributed by atoms with Gasteiger partial charge in [-0.15, -0.1) is 5.10 Å². The molecule has 0 saturated carbocycles. The van der Waals surface area contributed by atoms with Crippen molar-refractivity contribution in [1.82, 2.24) is 0 Å². The van der Waals surface area contributed by atoms with Crippen LogP contribution in [0.4, 0.5) is 5.69 Å². The van der Waals surface area contributed by atoms with Gasteiger partial charge in [-0.05, 0) is 36.4 Å². The molecule has 1 aliphatic rings. The Morgan fingerprint density at radius 1 is 1.12 bits per heavy atom. The van der Waals surface area contributed by atoms with Gasteiger partial charge in [0.1, 0.15) is 11.0 Å². The summed E-state index contributed by atoms with van der Waals surface area (Å²) in [6, 6.07) is 9.73. The summed E-state index contributed by atoms with van der Waals surface area (Å²) in [7, 11) is 4.36. The van der Waals surface area contributed by atoms with Crippen molar-refractivity contribution in [2.75, 3.05) is 26.2 Å². The first-order chi connectivity index (χ1) is 15.4. The molecule has 0 spiro atoms. The molecule has 1 fully saturated rings. The van der Waals surface area contributed by atoms with Gasteiger partial charge in [-0.25, -0.2) is 4.90 Å². The van der Waals surface area contributed by atoms with E-state index in [9.17, 15) is 14.7 Å². The summed E-state index contributed by atoms with van der Waals surface area (Å²) >= 11 is 0.966. The second kappa shape index (κ2) is 10.1. The predicted molar refractivity (Wildman–Crippen MR) is 122 cm³/mol. The minimum Gasteiger partial charge on any atom is -0.502 e. The van der Waals surface area contributed by atoms with E-state index in [1.807, 2.05) is 0 Å². The number of phenolic OH excluding ortho intramolecular Hbond substituents is 1. The van der Waals surface area contributed by atoms with E-state index in [4.69, 9.17) is 19.9 Å². The molecule has 11 heteroatoms. The number of amides is 2. The molecular weight excluding hydrogens is 436 g/mol. The van der Waals surface area contributed by atoms with Gasteiger partial charge in [0.2, 0.25) is 17.6 Å². The SMILES string of the molecule is COc1ccc(N2C(=O)CC(S/C(N)=N/N=C/c3cc(OC)c(O)c(OC)c3)C2=O)cc1. The number of imide groups is 1. The van der Waals surface area contributed by atoms with Crippen LogP contribution in [0.1, 0.15) is 12.0 Å². The summed E-state index contributed by atoms with van der Waals surface area (Å²) < 4.78 is 15.3. The molecule has 1 saturated heterocycles. The van der Waals surface area contributed by atoms with Gasteiger partial charge in [-0.2, -0.15) is 5.10 Å². The van der Waals surface area contributed by atoms with E-state index in [-0.39, 0.29) is 40.7 Å². The van der Waals surface area contributed by atoms with E-state index in [1.54, 1.807) is 36.4 Å². The monoisotopic (exact) mass is 458 g/mol. The van der Waals surface area contributed by atoms with Crippen LogP contribution in [0, 0.1) is 0 Å². The first-order valence-corrected chi connectivity index (χ1v) is 10.2. The number of rotatable bonds is 7. The first kappa shape index (κ1) is 22.9. The molecule has 10 nitrogen and oxygen atoms in total. The van der Waals surface area contributed by atoms with E-state index >= 15 is 0 Å². The third-order valence-corrected chi connectivity index (χ3v) is 5.54. The second-order valence-electron chi connectivity index (χ2n) is 6.53. The van der Waals surface area contributed by atoms with Crippen molar-refractivity contribution in [3.8, 4) is 23.0 Å². The lowest BCUT2D eigenvalue weighted by Crippen LogP contribution is -2.31. The highest BCUT2D eigenvalue weighted by Gasteiger charge is 2.40. The normalized spacial score (nSPS) is 16.7. The molecule has 1 unspecified atom stereocenters. The minimum atomic E-state index is -0.697. The van der Waals surface area contributed by atoms with Crippen LogP contribution in [0.25, 0.3) is 0 Å². The standard InChI is InChI=1S/C21H22N4O6S/c1-29-14-6-4-13(5-7-14)25-18(26)10-17(20(25)28)32-21(22)24-23-11-12-8-15(30-2)19(27)16(9-12)31-3/h4-9,11,17,27H,10H2,1-3H3,(H2,22,24)/b23-11+. The molecule has 0 radical (unpaired) electrons. The van der Waals surface area contributed by atoms with Crippen molar-refractivity contribution in [3.05, 3.63) is 42.0 Å². The quantitative estimate of drug-likeness (QED) is 0.279. The Balaban J connectivity index is 1.68. The Kier molecular flexibility index (Phi) is 7.21. The topological polar surface area (TPSA) is 136 Å². The lowest BCUT2D eigenvalue weighted by atomic mass is 10.2. The third-order valence-electron chi connectivity index (χ3n) is 4.56. The minimum absolute atomic E-state index is 0.00181. The molecule has 2 aromatic rings. The summed E-state index contributed by atoms with van der Waals surface area (Å²) in [5.41, 5.74) is 6.91. The average molecular weight is 458 g/mol. The van der Waals surface area contributed by atoms with Gasteiger partial charge < -0.3 is 25.1 Å². The van der Waals surface area contributed by atoms with Crippen LogP contribution >= 0.6 is 11.8 Å². The Morgan fingerprint density at radius 2 is 1.75 bits per heavy atom. The molecule has 3 rings (SSSR count). The number of nitrogens with two attached hydrogens (primary N) is 1. The molecule has 32 heavy (non-hydrogen) atoms. The number of methoxy groups -OCH3 is 3. The number of phenols is 1. The molecular formula is C21H22N4O6S. The Labute approximate surface area is 188 Å². The van der Waals surface area contributed by atoms with Crippen molar-refractivity contribution in [3.63, 3.8) is 0 Å². The fourth-order valence-electron chi connectivity index (χ4n) is 3.01. The number of nitrogens with zero attached hydrogens (tertiary/aromatic N) is 3. The van der Waals surface area contributed by atoms with E-state index in [1.165, 1.54) is 27.5 Å². The Morgan fingerprint density at radius 3 is 2.31 bits per heavy atom.